The molecule has 4 atom stereocenters. The predicted octanol–water partition coefficient (Wildman–Crippen LogP) is 3.49. The molecule has 5 rings (SSSR count). The second-order valence-electron chi connectivity index (χ2n) is 7.90. The Balaban J connectivity index is 1.67. The van der Waals surface area contributed by atoms with Crippen LogP contribution in [0.5, 0.6) is 0 Å². The smallest absolute Gasteiger partial charge is 0.164 e. The Kier molecular flexibility index (Phi) is 5.26. The number of rotatable bonds is 4. The summed E-state index contributed by atoms with van der Waals surface area (Å²) < 4.78 is 21.1. The highest BCUT2D eigenvalue weighted by atomic mass is 19.1. The molecule has 1 saturated heterocycles. The topological polar surface area (TPSA) is 116 Å². The highest BCUT2D eigenvalue weighted by Gasteiger charge is 2.42. The van der Waals surface area contributed by atoms with Gasteiger partial charge in [0.1, 0.15) is 35.8 Å². The van der Waals surface area contributed by atoms with Crippen LogP contribution in [0.15, 0.2) is 61.1 Å². The third-order valence-corrected chi connectivity index (χ3v) is 5.79. The summed E-state index contributed by atoms with van der Waals surface area (Å²) in [5.74, 6) is 0.130. The SMILES string of the molecule is C[C@H]1O[C@@H](n2cc(-c3ccc(F)cc3)c3c(Nc4ccc(C#N)cc4)ncnc32)[C@H](O)[C@@H]1O. The second kappa shape index (κ2) is 8.26. The Morgan fingerprint density at radius 3 is 2.42 bits per heavy atom. The van der Waals surface area contributed by atoms with E-state index in [1.165, 1.54) is 18.5 Å². The Hall–Kier alpha value is -3.84. The first-order valence-corrected chi connectivity index (χ1v) is 10.4. The van der Waals surface area contributed by atoms with E-state index < -0.39 is 24.5 Å². The molecule has 4 aromatic rings. The summed E-state index contributed by atoms with van der Waals surface area (Å²) >= 11 is 0. The minimum atomic E-state index is -1.15. The number of hydrogen-bond donors (Lipinski definition) is 3. The molecule has 33 heavy (non-hydrogen) atoms. The van der Waals surface area contributed by atoms with Gasteiger partial charge in [-0.15, -0.1) is 0 Å². The highest BCUT2D eigenvalue weighted by molar-refractivity contribution is 6.02. The van der Waals surface area contributed by atoms with E-state index >= 15 is 0 Å². The standard InChI is InChI=1S/C24H20FN5O3/c1-13-20(31)21(32)24(33-13)30-11-18(15-4-6-16(25)7-5-15)19-22(27-12-28-23(19)30)29-17-8-2-14(10-26)3-9-17/h2-9,11-13,20-21,24,31-32H,1H3,(H,27,28,29)/t13-,20-,21-,24-/m1/s1. The summed E-state index contributed by atoms with van der Waals surface area (Å²) in [6.45, 7) is 1.69. The number of fused-ring (bicyclic) bond motifs is 1. The number of nitriles is 1. The zero-order chi connectivity index (χ0) is 23.1. The molecule has 0 radical (unpaired) electrons. The van der Waals surface area contributed by atoms with Gasteiger partial charge in [-0.2, -0.15) is 5.26 Å². The molecular weight excluding hydrogens is 425 g/mol. The van der Waals surface area contributed by atoms with Crippen LogP contribution in [-0.2, 0) is 4.74 Å². The van der Waals surface area contributed by atoms with Gasteiger partial charge in [0.25, 0.3) is 0 Å². The van der Waals surface area contributed by atoms with Crippen molar-refractivity contribution in [2.75, 3.05) is 5.32 Å². The number of anilines is 2. The molecule has 0 saturated carbocycles. The van der Waals surface area contributed by atoms with Gasteiger partial charge in [0.05, 0.1) is 23.1 Å². The Morgan fingerprint density at radius 2 is 1.79 bits per heavy atom. The molecule has 2 aromatic heterocycles. The first-order chi connectivity index (χ1) is 16.0. The molecule has 0 amide bonds. The lowest BCUT2D eigenvalue weighted by Gasteiger charge is -2.17. The number of aromatic nitrogens is 3. The number of nitrogens with zero attached hydrogens (tertiary/aromatic N) is 4. The van der Waals surface area contributed by atoms with Crippen LogP contribution in [0.1, 0.15) is 18.7 Å². The summed E-state index contributed by atoms with van der Waals surface area (Å²) in [4.78, 5) is 8.84. The predicted molar refractivity (Wildman–Crippen MR) is 119 cm³/mol. The first kappa shape index (κ1) is 21.0. The molecule has 2 aromatic carbocycles. The van der Waals surface area contributed by atoms with Crippen molar-refractivity contribution in [3.05, 3.63) is 72.4 Å². The van der Waals surface area contributed by atoms with Crippen molar-refractivity contribution < 1.29 is 19.3 Å². The normalized spacial score (nSPS) is 22.4. The van der Waals surface area contributed by atoms with Crippen LogP contribution >= 0.6 is 0 Å². The minimum Gasteiger partial charge on any atom is -0.388 e. The zero-order valence-electron chi connectivity index (χ0n) is 17.6. The molecule has 1 fully saturated rings. The van der Waals surface area contributed by atoms with E-state index in [0.717, 1.165) is 5.56 Å². The van der Waals surface area contributed by atoms with E-state index in [4.69, 9.17) is 10.00 Å². The molecule has 1 aliphatic heterocycles. The highest BCUT2D eigenvalue weighted by Crippen LogP contribution is 2.39. The van der Waals surface area contributed by atoms with Gasteiger partial charge >= 0.3 is 0 Å². The van der Waals surface area contributed by atoms with Gasteiger partial charge in [0.15, 0.2) is 6.23 Å². The van der Waals surface area contributed by atoms with Crippen LogP contribution in [0.2, 0.25) is 0 Å². The Labute approximate surface area is 188 Å². The van der Waals surface area contributed by atoms with Crippen molar-refractivity contribution in [2.24, 2.45) is 0 Å². The number of halogens is 1. The molecule has 0 spiro atoms. The van der Waals surface area contributed by atoms with E-state index in [1.54, 1.807) is 54.1 Å². The van der Waals surface area contributed by atoms with Gasteiger partial charge in [0.2, 0.25) is 0 Å². The van der Waals surface area contributed by atoms with Crippen molar-refractivity contribution in [1.82, 2.24) is 14.5 Å². The fraction of sp³-hybridized carbons (Fsp3) is 0.208. The molecule has 0 aliphatic carbocycles. The molecule has 166 valence electrons. The maximum Gasteiger partial charge on any atom is 0.164 e. The van der Waals surface area contributed by atoms with Crippen molar-refractivity contribution >= 4 is 22.5 Å². The van der Waals surface area contributed by atoms with Gasteiger partial charge in [-0.1, -0.05) is 12.1 Å². The third-order valence-electron chi connectivity index (χ3n) is 5.79. The van der Waals surface area contributed by atoms with Crippen LogP contribution in [-0.4, -0.2) is 43.1 Å². The molecule has 8 nitrogen and oxygen atoms in total. The summed E-state index contributed by atoms with van der Waals surface area (Å²) in [5, 5.41) is 33.7. The van der Waals surface area contributed by atoms with Crippen LogP contribution in [0.25, 0.3) is 22.2 Å². The van der Waals surface area contributed by atoms with Crippen LogP contribution in [0.4, 0.5) is 15.9 Å². The van der Waals surface area contributed by atoms with Crippen molar-refractivity contribution in [1.29, 1.82) is 5.26 Å². The molecule has 0 unspecified atom stereocenters. The van der Waals surface area contributed by atoms with E-state index in [-0.39, 0.29) is 5.82 Å². The third kappa shape index (κ3) is 3.70. The number of nitrogens with one attached hydrogen (secondary N) is 1. The van der Waals surface area contributed by atoms with E-state index in [1.807, 2.05) is 0 Å². The first-order valence-electron chi connectivity index (χ1n) is 10.4. The molecule has 3 N–H and O–H groups in total. The van der Waals surface area contributed by atoms with Crippen molar-refractivity contribution in [3.8, 4) is 17.2 Å². The van der Waals surface area contributed by atoms with E-state index in [9.17, 15) is 14.6 Å². The lowest BCUT2D eigenvalue weighted by molar-refractivity contribution is -0.0295. The number of benzene rings is 2. The largest absolute Gasteiger partial charge is 0.388 e. The molecule has 0 bridgehead atoms. The van der Waals surface area contributed by atoms with Gasteiger partial charge in [-0.3, -0.25) is 0 Å². The average Bonchev–Trinajstić information content (AvgIpc) is 3.34. The van der Waals surface area contributed by atoms with Crippen molar-refractivity contribution in [2.45, 2.75) is 31.5 Å². The molecular formula is C24H20FN5O3. The number of hydrogen-bond acceptors (Lipinski definition) is 7. The van der Waals surface area contributed by atoms with Gasteiger partial charge in [-0.25, -0.2) is 14.4 Å². The van der Waals surface area contributed by atoms with E-state index in [2.05, 4.69) is 21.4 Å². The Morgan fingerprint density at radius 1 is 1.06 bits per heavy atom. The average molecular weight is 445 g/mol. The van der Waals surface area contributed by atoms with Crippen molar-refractivity contribution in [3.63, 3.8) is 0 Å². The summed E-state index contributed by atoms with van der Waals surface area (Å²) in [5.41, 5.74) is 3.15. The number of ether oxygens (including phenoxy) is 1. The maximum absolute atomic E-state index is 13.6. The van der Waals surface area contributed by atoms with E-state index in [0.29, 0.717) is 33.7 Å². The van der Waals surface area contributed by atoms with Gasteiger partial charge in [-0.05, 0) is 48.9 Å². The van der Waals surface area contributed by atoms with Crippen LogP contribution in [0, 0.1) is 17.1 Å². The fourth-order valence-electron chi connectivity index (χ4n) is 4.04. The van der Waals surface area contributed by atoms with Crippen LogP contribution in [0.3, 0.4) is 0 Å². The lowest BCUT2D eigenvalue weighted by atomic mass is 10.1. The quantitative estimate of drug-likeness (QED) is 0.440. The summed E-state index contributed by atoms with van der Waals surface area (Å²) in [6, 6.07) is 15.0. The summed E-state index contributed by atoms with van der Waals surface area (Å²) in [6.07, 6.45) is -0.462. The molecule has 1 aliphatic rings. The molecule has 9 heteroatoms. The van der Waals surface area contributed by atoms with Gasteiger partial charge < -0.3 is 24.8 Å². The monoisotopic (exact) mass is 445 g/mol. The number of aliphatic hydroxyl groups is 2. The maximum atomic E-state index is 13.6. The summed E-state index contributed by atoms with van der Waals surface area (Å²) in [7, 11) is 0. The minimum absolute atomic E-state index is 0.360. The lowest BCUT2D eigenvalue weighted by Crippen LogP contribution is -2.30. The zero-order valence-corrected chi connectivity index (χ0v) is 17.6. The fourth-order valence-corrected chi connectivity index (χ4v) is 4.04. The number of aliphatic hydroxyl groups excluding tert-OH is 2. The van der Waals surface area contributed by atoms with Crippen LogP contribution < -0.4 is 5.32 Å². The Bertz CT molecular complexity index is 1350. The second-order valence-corrected chi connectivity index (χ2v) is 7.90. The van der Waals surface area contributed by atoms with Gasteiger partial charge in [0, 0.05) is 17.4 Å². The molecule has 3 heterocycles.